The van der Waals surface area contributed by atoms with E-state index >= 15 is 0 Å². The Balaban J connectivity index is 1.81. The van der Waals surface area contributed by atoms with E-state index in [-0.39, 0.29) is 0 Å². The molecule has 4 heteroatoms. The minimum absolute atomic E-state index is 0.345. The fourth-order valence-electron chi connectivity index (χ4n) is 3.04. The Hall–Kier alpha value is -0.160. The van der Waals surface area contributed by atoms with Gasteiger partial charge >= 0.3 is 0 Å². The summed E-state index contributed by atoms with van der Waals surface area (Å²) in [6.45, 7) is 13.1. The third-order valence-corrected chi connectivity index (χ3v) is 4.62. The zero-order valence-electron chi connectivity index (χ0n) is 12.0. The summed E-state index contributed by atoms with van der Waals surface area (Å²) in [5.74, 6) is 0.697. The minimum atomic E-state index is 0.345. The van der Waals surface area contributed by atoms with E-state index in [1.165, 1.54) is 32.5 Å². The highest BCUT2D eigenvalue weighted by Crippen LogP contribution is 2.29. The molecule has 0 aliphatic carbocycles. The van der Waals surface area contributed by atoms with Crippen molar-refractivity contribution >= 4 is 0 Å². The normalized spacial score (nSPS) is 30.5. The summed E-state index contributed by atoms with van der Waals surface area (Å²) in [5.41, 5.74) is 6.18. The van der Waals surface area contributed by atoms with Crippen LogP contribution in [0.4, 0.5) is 0 Å². The van der Waals surface area contributed by atoms with Crippen molar-refractivity contribution in [2.75, 3.05) is 52.5 Å². The number of nitrogens with zero attached hydrogens (tertiary/aromatic N) is 2. The lowest BCUT2D eigenvalue weighted by atomic mass is 9.85. The molecular weight excluding hydrogens is 226 g/mol. The second-order valence-electron chi connectivity index (χ2n) is 6.35. The van der Waals surface area contributed by atoms with Gasteiger partial charge in [-0.3, -0.25) is 9.80 Å². The van der Waals surface area contributed by atoms with E-state index in [2.05, 4.69) is 23.6 Å². The lowest BCUT2D eigenvalue weighted by molar-refractivity contribution is 0.00939. The van der Waals surface area contributed by atoms with Crippen LogP contribution in [0.3, 0.4) is 0 Å². The maximum absolute atomic E-state index is 5.84. The van der Waals surface area contributed by atoms with Crippen molar-refractivity contribution in [2.45, 2.75) is 32.2 Å². The first kappa shape index (κ1) is 14.3. The van der Waals surface area contributed by atoms with E-state index in [0.717, 1.165) is 32.8 Å². The molecule has 0 saturated carbocycles. The quantitative estimate of drug-likeness (QED) is 0.805. The zero-order chi connectivity index (χ0) is 13.0. The Bertz CT molecular complexity index is 251. The van der Waals surface area contributed by atoms with Crippen LogP contribution in [0, 0.1) is 5.92 Å². The molecule has 0 radical (unpaired) electrons. The summed E-state index contributed by atoms with van der Waals surface area (Å²) < 4.78 is 5.40. The Labute approximate surface area is 111 Å². The molecule has 1 atom stereocenters. The number of hydrogen-bond donors (Lipinski definition) is 1. The van der Waals surface area contributed by atoms with E-state index in [4.69, 9.17) is 10.5 Å². The fourth-order valence-corrected chi connectivity index (χ4v) is 3.04. The van der Waals surface area contributed by atoms with Gasteiger partial charge in [0.05, 0.1) is 13.2 Å². The maximum atomic E-state index is 5.84. The van der Waals surface area contributed by atoms with Crippen molar-refractivity contribution in [3.8, 4) is 0 Å². The van der Waals surface area contributed by atoms with E-state index in [0.29, 0.717) is 11.5 Å². The second-order valence-corrected chi connectivity index (χ2v) is 6.35. The molecule has 0 aromatic heterocycles. The average Bonchev–Trinajstić information content (AvgIpc) is 2.38. The van der Waals surface area contributed by atoms with Gasteiger partial charge in [0.25, 0.3) is 0 Å². The van der Waals surface area contributed by atoms with Crippen molar-refractivity contribution in [1.29, 1.82) is 0 Å². The highest BCUT2D eigenvalue weighted by Gasteiger charge is 2.33. The third-order valence-electron chi connectivity index (χ3n) is 4.62. The van der Waals surface area contributed by atoms with Crippen molar-refractivity contribution in [1.82, 2.24) is 9.80 Å². The Morgan fingerprint density at radius 2 is 1.94 bits per heavy atom. The van der Waals surface area contributed by atoms with Gasteiger partial charge < -0.3 is 10.5 Å². The molecule has 0 aromatic rings. The van der Waals surface area contributed by atoms with E-state index in [1.54, 1.807) is 0 Å². The van der Waals surface area contributed by atoms with Crippen LogP contribution >= 0.6 is 0 Å². The summed E-state index contributed by atoms with van der Waals surface area (Å²) in [7, 11) is 0. The molecule has 18 heavy (non-hydrogen) atoms. The van der Waals surface area contributed by atoms with Crippen LogP contribution in [-0.4, -0.2) is 67.8 Å². The van der Waals surface area contributed by atoms with Gasteiger partial charge in [-0.15, -0.1) is 0 Å². The second kappa shape index (κ2) is 6.33. The summed E-state index contributed by atoms with van der Waals surface area (Å²) in [6.07, 6.45) is 2.57. The molecule has 2 saturated heterocycles. The third kappa shape index (κ3) is 3.67. The number of ether oxygens (including phenoxy) is 1. The highest BCUT2D eigenvalue weighted by atomic mass is 16.5. The molecule has 0 aromatic carbocycles. The summed E-state index contributed by atoms with van der Waals surface area (Å²) in [6, 6.07) is 0. The van der Waals surface area contributed by atoms with Gasteiger partial charge in [-0.2, -0.15) is 0 Å². The predicted molar refractivity (Wildman–Crippen MR) is 74.7 cm³/mol. The molecule has 0 amide bonds. The summed E-state index contributed by atoms with van der Waals surface area (Å²) in [5, 5.41) is 0. The van der Waals surface area contributed by atoms with E-state index in [9.17, 15) is 0 Å². The van der Waals surface area contributed by atoms with Gasteiger partial charge in [0.15, 0.2) is 0 Å². The minimum Gasteiger partial charge on any atom is -0.379 e. The first-order valence-corrected chi connectivity index (χ1v) is 7.37. The number of piperidine rings is 1. The summed E-state index contributed by atoms with van der Waals surface area (Å²) >= 11 is 0. The first-order chi connectivity index (χ1) is 8.62. The van der Waals surface area contributed by atoms with Crippen LogP contribution in [0.25, 0.3) is 0 Å². The van der Waals surface area contributed by atoms with Crippen LogP contribution in [-0.2, 0) is 4.74 Å². The lowest BCUT2D eigenvalue weighted by Gasteiger charge is -2.46. The molecule has 2 aliphatic rings. The largest absolute Gasteiger partial charge is 0.379 e. The molecular formula is C14H29N3O. The number of morpholine rings is 1. The molecule has 0 bridgehead atoms. The number of likely N-dealkylation sites (tertiary alicyclic amines) is 1. The monoisotopic (exact) mass is 255 g/mol. The number of nitrogens with two attached hydrogens (primary N) is 1. The van der Waals surface area contributed by atoms with Crippen molar-refractivity contribution < 1.29 is 4.74 Å². The lowest BCUT2D eigenvalue weighted by Crippen LogP contribution is -2.54. The topological polar surface area (TPSA) is 41.7 Å². The van der Waals surface area contributed by atoms with Gasteiger partial charge in [-0.25, -0.2) is 0 Å². The molecule has 2 rings (SSSR count). The predicted octanol–water partition coefficient (Wildman–Crippen LogP) is 0.768. The van der Waals surface area contributed by atoms with Crippen LogP contribution in [0.15, 0.2) is 0 Å². The average molecular weight is 255 g/mol. The molecule has 2 fully saturated rings. The van der Waals surface area contributed by atoms with Gasteiger partial charge in [0.2, 0.25) is 0 Å². The molecule has 1 unspecified atom stereocenters. The van der Waals surface area contributed by atoms with Gasteiger partial charge in [0.1, 0.15) is 0 Å². The Morgan fingerprint density at radius 1 is 1.22 bits per heavy atom. The Kier molecular flexibility index (Phi) is 5.01. The molecule has 106 valence electrons. The fraction of sp³-hybridized carbons (Fsp3) is 1.00. The van der Waals surface area contributed by atoms with Gasteiger partial charge in [-0.1, -0.05) is 0 Å². The maximum Gasteiger partial charge on any atom is 0.0594 e. The van der Waals surface area contributed by atoms with Crippen LogP contribution < -0.4 is 5.73 Å². The summed E-state index contributed by atoms with van der Waals surface area (Å²) in [4.78, 5) is 5.16. The van der Waals surface area contributed by atoms with Crippen LogP contribution in [0.2, 0.25) is 0 Å². The van der Waals surface area contributed by atoms with Crippen molar-refractivity contribution in [2.24, 2.45) is 11.7 Å². The molecule has 2 heterocycles. The van der Waals surface area contributed by atoms with E-state index < -0.39 is 0 Å². The van der Waals surface area contributed by atoms with Crippen LogP contribution in [0.5, 0.6) is 0 Å². The smallest absolute Gasteiger partial charge is 0.0594 e. The zero-order valence-corrected chi connectivity index (χ0v) is 12.0. The molecule has 4 nitrogen and oxygen atoms in total. The van der Waals surface area contributed by atoms with E-state index in [1.807, 2.05) is 0 Å². The molecule has 2 N–H and O–H groups in total. The highest BCUT2D eigenvalue weighted by molar-refractivity contribution is 4.89. The van der Waals surface area contributed by atoms with Gasteiger partial charge in [0, 0.05) is 38.3 Å². The molecule has 2 aliphatic heterocycles. The Morgan fingerprint density at radius 3 is 2.61 bits per heavy atom. The van der Waals surface area contributed by atoms with Crippen LogP contribution in [0.1, 0.15) is 26.7 Å². The first-order valence-electron chi connectivity index (χ1n) is 7.37. The SMILES string of the molecule is CC1(C)CCC(CN)CN1CCN1CCOCC1. The van der Waals surface area contributed by atoms with Crippen molar-refractivity contribution in [3.63, 3.8) is 0 Å². The standard InChI is InChI=1S/C14H29N3O/c1-14(2)4-3-13(11-15)12-17(14)6-5-16-7-9-18-10-8-16/h13H,3-12,15H2,1-2H3. The molecule has 0 spiro atoms. The van der Waals surface area contributed by atoms with Gasteiger partial charge in [-0.05, 0) is 39.2 Å². The number of rotatable bonds is 4. The van der Waals surface area contributed by atoms with Crippen molar-refractivity contribution in [3.05, 3.63) is 0 Å². The number of hydrogen-bond acceptors (Lipinski definition) is 4.